The van der Waals surface area contributed by atoms with Crippen LogP contribution in [0.4, 0.5) is 11.6 Å². The van der Waals surface area contributed by atoms with Crippen LogP contribution in [0.5, 0.6) is 17.5 Å². The SMILES string of the molecule is CCCCn1cnc2c(Oc3ccccc3)nc(Nc3ccc(OC)nc3)nc21. The van der Waals surface area contributed by atoms with Crippen molar-refractivity contribution >= 4 is 22.8 Å². The molecule has 0 aliphatic heterocycles. The summed E-state index contributed by atoms with van der Waals surface area (Å²) >= 11 is 0. The second kappa shape index (κ2) is 8.55. The number of rotatable bonds is 8. The average Bonchev–Trinajstić information content (AvgIpc) is 3.17. The lowest BCUT2D eigenvalue weighted by Crippen LogP contribution is -2.03. The molecule has 0 spiro atoms. The van der Waals surface area contributed by atoms with E-state index in [1.165, 1.54) is 0 Å². The molecule has 0 fully saturated rings. The maximum Gasteiger partial charge on any atom is 0.252 e. The smallest absolute Gasteiger partial charge is 0.252 e. The van der Waals surface area contributed by atoms with Crippen molar-refractivity contribution in [3.63, 3.8) is 0 Å². The summed E-state index contributed by atoms with van der Waals surface area (Å²) < 4.78 is 13.1. The third kappa shape index (κ3) is 4.26. The predicted molar refractivity (Wildman–Crippen MR) is 111 cm³/mol. The standard InChI is InChI=1S/C21H22N6O2/c1-3-4-12-27-14-23-18-19(27)25-21(24-15-10-11-17(28-2)22-13-15)26-20(18)29-16-8-6-5-7-9-16/h5-11,13-14H,3-4,12H2,1-2H3,(H,24,25,26). The number of ether oxygens (including phenoxy) is 2. The Bertz CT molecular complexity index is 1080. The van der Waals surface area contributed by atoms with E-state index in [-0.39, 0.29) is 0 Å². The molecule has 0 atom stereocenters. The molecular formula is C21H22N6O2. The summed E-state index contributed by atoms with van der Waals surface area (Å²) in [4.78, 5) is 17.9. The lowest BCUT2D eigenvalue weighted by molar-refractivity contribution is 0.398. The Balaban J connectivity index is 1.72. The van der Waals surface area contributed by atoms with E-state index in [1.54, 1.807) is 25.7 Å². The molecule has 1 aromatic carbocycles. The highest BCUT2D eigenvalue weighted by atomic mass is 16.5. The molecule has 29 heavy (non-hydrogen) atoms. The number of hydrogen-bond donors (Lipinski definition) is 1. The zero-order chi connectivity index (χ0) is 20.1. The third-order valence-electron chi connectivity index (χ3n) is 4.34. The van der Waals surface area contributed by atoms with E-state index in [0.29, 0.717) is 29.0 Å². The van der Waals surface area contributed by atoms with Crippen LogP contribution in [0, 0.1) is 0 Å². The van der Waals surface area contributed by atoms with Gasteiger partial charge in [-0.05, 0) is 24.6 Å². The minimum atomic E-state index is 0.403. The Labute approximate surface area is 168 Å². The number of imidazole rings is 1. The van der Waals surface area contributed by atoms with Crippen LogP contribution in [0.2, 0.25) is 0 Å². The van der Waals surface area contributed by atoms with Crippen molar-refractivity contribution in [3.8, 4) is 17.5 Å². The molecule has 4 rings (SSSR count). The molecule has 1 N–H and O–H groups in total. The molecule has 3 heterocycles. The first-order chi connectivity index (χ1) is 14.3. The Kier molecular flexibility index (Phi) is 5.51. The minimum Gasteiger partial charge on any atom is -0.481 e. The number of fused-ring (bicyclic) bond motifs is 1. The lowest BCUT2D eigenvalue weighted by Gasteiger charge is -2.10. The fourth-order valence-corrected chi connectivity index (χ4v) is 2.84. The number of anilines is 2. The topological polar surface area (TPSA) is 87.0 Å². The Morgan fingerprint density at radius 3 is 2.62 bits per heavy atom. The number of para-hydroxylation sites is 1. The maximum atomic E-state index is 6.02. The van der Waals surface area contributed by atoms with Gasteiger partial charge in [-0.1, -0.05) is 31.5 Å². The second-order valence-electron chi connectivity index (χ2n) is 6.45. The van der Waals surface area contributed by atoms with Gasteiger partial charge in [-0.25, -0.2) is 9.97 Å². The monoisotopic (exact) mass is 390 g/mol. The molecule has 0 unspecified atom stereocenters. The Morgan fingerprint density at radius 1 is 1.03 bits per heavy atom. The van der Waals surface area contributed by atoms with Gasteiger partial charge in [-0.2, -0.15) is 9.97 Å². The normalized spacial score (nSPS) is 10.8. The average molecular weight is 390 g/mol. The van der Waals surface area contributed by atoms with Gasteiger partial charge < -0.3 is 19.4 Å². The number of methoxy groups -OCH3 is 1. The summed E-state index contributed by atoms with van der Waals surface area (Å²) in [5.41, 5.74) is 2.10. The zero-order valence-electron chi connectivity index (χ0n) is 16.4. The van der Waals surface area contributed by atoms with E-state index in [9.17, 15) is 0 Å². The van der Waals surface area contributed by atoms with Gasteiger partial charge in [-0.3, -0.25) is 0 Å². The van der Waals surface area contributed by atoms with E-state index in [2.05, 4.69) is 32.2 Å². The minimum absolute atomic E-state index is 0.403. The number of aryl methyl sites for hydroxylation is 1. The Morgan fingerprint density at radius 2 is 1.90 bits per heavy atom. The van der Waals surface area contributed by atoms with Crippen LogP contribution < -0.4 is 14.8 Å². The van der Waals surface area contributed by atoms with Crippen LogP contribution in [0.3, 0.4) is 0 Å². The van der Waals surface area contributed by atoms with Crippen molar-refractivity contribution in [2.24, 2.45) is 0 Å². The highest BCUT2D eigenvalue weighted by Gasteiger charge is 2.15. The molecule has 148 valence electrons. The van der Waals surface area contributed by atoms with E-state index in [0.717, 1.165) is 30.7 Å². The van der Waals surface area contributed by atoms with E-state index >= 15 is 0 Å². The van der Waals surface area contributed by atoms with Gasteiger partial charge in [0.2, 0.25) is 11.8 Å². The molecule has 3 aromatic heterocycles. The predicted octanol–water partition coefficient (Wildman–Crippen LogP) is 4.57. The molecule has 8 heteroatoms. The fraction of sp³-hybridized carbons (Fsp3) is 0.238. The van der Waals surface area contributed by atoms with Crippen LogP contribution in [0.1, 0.15) is 19.8 Å². The van der Waals surface area contributed by atoms with Crippen molar-refractivity contribution in [1.82, 2.24) is 24.5 Å². The van der Waals surface area contributed by atoms with Gasteiger partial charge >= 0.3 is 0 Å². The highest BCUT2D eigenvalue weighted by Crippen LogP contribution is 2.28. The summed E-state index contributed by atoms with van der Waals surface area (Å²) in [5, 5.41) is 3.19. The zero-order valence-corrected chi connectivity index (χ0v) is 16.4. The van der Waals surface area contributed by atoms with Crippen molar-refractivity contribution in [3.05, 3.63) is 55.0 Å². The Hall–Kier alpha value is -3.68. The molecule has 4 aromatic rings. The molecule has 0 saturated heterocycles. The number of nitrogens with zero attached hydrogens (tertiary/aromatic N) is 5. The van der Waals surface area contributed by atoms with Crippen molar-refractivity contribution in [1.29, 1.82) is 0 Å². The van der Waals surface area contributed by atoms with Crippen molar-refractivity contribution in [2.75, 3.05) is 12.4 Å². The van der Waals surface area contributed by atoms with Gasteiger partial charge in [0.25, 0.3) is 5.88 Å². The van der Waals surface area contributed by atoms with Crippen molar-refractivity contribution < 1.29 is 9.47 Å². The number of pyridine rings is 1. The fourth-order valence-electron chi connectivity index (χ4n) is 2.84. The maximum absolute atomic E-state index is 6.02. The summed E-state index contributed by atoms with van der Waals surface area (Å²) in [6.07, 6.45) is 5.57. The van der Waals surface area contributed by atoms with Gasteiger partial charge in [0.05, 0.1) is 25.3 Å². The van der Waals surface area contributed by atoms with Gasteiger partial charge in [-0.15, -0.1) is 0 Å². The summed E-state index contributed by atoms with van der Waals surface area (Å²) in [6, 6.07) is 13.1. The molecule has 0 saturated carbocycles. The molecule has 0 bridgehead atoms. The van der Waals surface area contributed by atoms with E-state index in [1.807, 2.05) is 41.0 Å². The third-order valence-corrected chi connectivity index (χ3v) is 4.34. The lowest BCUT2D eigenvalue weighted by atomic mass is 10.3. The quantitative estimate of drug-likeness (QED) is 0.472. The number of hydrogen-bond acceptors (Lipinski definition) is 7. The largest absolute Gasteiger partial charge is 0.481 e. The van der Waals surface area contributed by atoms with Gasteiger partial charge in [0.1, 0.15) is 5.75 Å². The second-order valence-corrected chi connectivity index (χ2v) is 6.45. The molecule has 0 aliphatic rings. The molecule has 0 aliphatic carbocycles. The van der Waals surface area contributed by atoms with Gasteiger partial charge in [0.15, 0.2) is 11.2 Å². The number of aromatic nitrogens is 5. The highest BCUT2D eigenvalue weighted by molar-refractivity contribution is 5.78. The van der Waals surface area contributed by atoms with Crippen molar-refractivity contribution in [2.45, 2.75) is 26.3 Å². The van der Waals surface area contributed by atoms with Crippen LogP contribution in [-0.4, -0.2) is 31.6 Å². The summed E-state index contributed by atoms with van der Waals surface area (Å²) in [6.45, 7) is 2.99. The van der Waals surface area contributed by atoms with E-state index in [4.69, 9.17) is 9.47 Å². The molecular weight excluding hydrogens is 368 g/mol. The first kappa shape index (κ1) is 18.7. The van der Waals surface area contributed by atoms with Gasteiger partial charge in [0, 0.05) is 12.6 Å². The first-order valence-electron chi connectivity index (χ1n) is 9.49. The van der Waals surface area contributed by atoms with Crippen LogP contribution in [0.25, 0.3) is 11.2 Å². The summed E-state index contributed by atoms with van der Waals surface area (Å²) in [7, 11) is 1.58. The molecule has 0 radical (unpaired) electrons. The number of nitrogens with one attached hydrogen (secondary N) is 1. The molecule has 8 nitrogen and oxygen atoms in total. The number of unbranched alkanes of at least 4 members (excludes halogenated alkanes) is 1. The van der Waals surface area contributed by atoms with E-state index < -0.39 is 0 Å². The van der Waals surface area contributed by atoms with Crippen LogP contribution >= 0.6 is 0 Å². The molecule has 0 amide bonds. The van der Waals surface area contributed by atoms with Crippen LogP contribution in [0.15, 0.2) is 55.0 Å². The van der Waals surface area contributed by atoms with Crippen LogP contribution in [-0.2, 0) is 6.54 Å². The summed E-state index contributed by atoms with van der Waals surface area (Å²) in [5.74, 6) is 2.04. The first-order valence-corrected chi connectivity index (χ1v) is 9.49. The number of benzene rings is 1.